The Balaban J connectivity index is 2.31. The molecule has 2 aromatic rings. The number of aromatic nitrogens is 1. The second-order valence-corrected chi connectivity index (χ2v) is 4.53. The van der Waals surface area contributed by atoms with Crippen LogP contribution < -0.4 is 0 Å². The normalized spacial score (nSPS) is 15.5. The zero-order valence-corrected chi connectivity index (χ0v) is 10.2. The lowest BCUT2D eigenvalue weighted by molar-refractivity contribution is 1.08. The minimum Gasteiger partial charge on any atom is -0.264 e. The maximum Gasteiger partial charge on any atom is 0.0309 e. The number of hydrogen-bond acceptors (Lipinski definition) is 1. The van der Waals surface area contributed by atoms with Gasteiger partial charge in [-0.1, -0.05) is 30.3 Å². The molecule has 1 heterocycles. The van der Waals surface area contributed by atoms with Gasteiger partial charge in [-0.25, -0.2) is 0 Å². The van der Waals surface area contributed by atoms with Crippen LogP contribution in [0.25, 0.3) is 5.57 Å². The maximum atomic E-state index is 4.31. The standard InChI is InChI=1S/C16H15N/c1-3-14-15-7-5-4-6-12(15)8-13-10-17-9-11(2)16(13)14/h3-7,9-10H,8H2,1-2H3/b14-3-. The lowest BCUT2D eigenvalue weighted by Gasteiger charge is -2.23. The highest BCUT2D eigenvalue weighted by Crippen LogP contribution is 2.36. The van der Waals surface area contributed by atoms with Gasteiger partial charge in [0.25, 0.3) is 0 Å². The van der Waals surface area contributed by atoms with Gasteiger partial charge in [0.15, 0.2) is 0 Å². The number of allylic oxidation sites excluding steroid dienone is 1. The lowest BCUT2D eigenvalue weighted by Crippen LogP contribution is -2.08. The van der Waals surface area contributed by atoms with Gasteiger partial charge in [-0.15, -0.1) is 0 Å². The van der Waals surface area contributed by atoms with Crippen molar-refractivity contribution < 1.29 is 0 Å². The smallest absolute Gasteiger partial charge is 0.0309 e. The highest BCUT2D eigenvalue weighted by molar-refractivity contribution is 5.86. The van der Waals surface area contributed by atoms with Crippen molar-refractivity contribution in [3.63, 3.8) is 0 Å². The van der Waals surface area contributed by atoms with Gasteiger partial charge in [-0.05, 0) is 47.2 Å². The van der Waals surface area contributed by atoms with E-state index in [0.29, 0.717) is 0 Å². The molecule has 0 saturated carbocycles. The molecule has 0 radical (unpaired) electrons. The number of aryl methyl sites for hydroxylation is 1. The summed E-state index contributed by atoms with van der Waals surface area (Å²) < 4.78 is 0. The van der Waals surface area contributed by atoms with Crippen LogP contribution in [0.15, 0.2) is 42.7 Å². The van der Waals surface area contributed by atoms with Crippen molar-refractivity contribution in [1.82, 2.24) is 4.98 Å². The van der Waals surface area contributed by atoms with Crippen LogP contribution in [-0.4, -0.2) is 4.98 Å². The molecule has 0 bridgehead atoms. The van der Waals surface area contributed by atoms with E-state index in [2.05, 4.69) is 49.2 Å². The van der Waals surface area contributed by atoms with Crippen LogP contribution in [-0.2, 0) is 6.42 Å². The summed E-state index contributed by atoms with van der Waals surface area (Å²) in [4.78, 5) is 4.31. The molecule has 0 atom stereocenters. The van der Waals surface area contributed by atoms with Crippen LogP contribution in [0.5, 0.6) is 0 Å². The minimum atomic E-state index is 0.998. The van der Waals surface area contributed by atoms with Crippen LogP contribution in [0.2, 0.25) is 0 Å². The van der Waals surface area contributed by atoms with Crippen molar-refractivity contribution in [1.29, 1.82) is 0 Å². The Hall–Kier alpha value is -1.89. The first-order valence-electron chi connectivity index (χ1n) is 5.99. The Bertz CT molecular complexity index is 609. The molecule has 1 nitrogen and oxygen atoms in total. The molecule has 1 aliphatic rings. The predicted octanol–water partition coefficient (Wildman–Crippen LogP) is 3.75. The molecule has 1 aromatic carbocycles. The van der Waals surface area contributed by atoms with E-state index in [1.54, 1.807) is 0 Å². The summed E-state index contributed by atoms with van der Waals surface area (Å²) in [6, 6.07) is 8.65. The van der Waals surface area contributed by atoms with Gasteiger partial charge >= 0.3 is 0 Å². The average molecular weight is 221 g/mol. The summed E-state index contributed by atoms with van der Waals surface area (Å²) in [6.45, 7) is 4.25. The highest BCUT2D eigenvalue weighted by atomic mass is 14.6. The number of benzene rings is 1. The summed E-state index contributed by atoms with van der Waals surface area (Å²) >= 11 is 0. The van der Waals surface area contributed by atoms with E-state index in [1.165, 1.54) is 33.4 Å². The fourth-order valence-electron chi connectivity index (χ4n) is 2.72. The molecule has 0 N–H and O–H groups in total. The molecular weight excluding hydrogens is 206 g/mol. The molecule has 84 valence electrons. The van der Waals surface area contributed by atoms with Crippen molar-refractivity contribution in [3.8, 4) is 0 Å². The van der Waals surface area contributed by atoms with E-state index < -0.39 is 0 Å². The first-order valence-corrected chi connectivity index (χ1v) is 5.99. The Morgan fingerprint density at radius 2 is 1.94 bits per heavy atom. The van der Waals surface area contributed by atoms with Gasteiger partial charge in [0.05, 0.1) is 0 Å². The number of rotatable bonds is 0. The third kappa shape index (κ3) is 1.50. The van der Waals surface area contributed by atoms with Crippen LogP contribution in [0, 0.1) is 6.92 Å². The van der Waals surface area contributed by atoms with Crippen LogP contribution >= 0.6 is 0 Å². The van der Waals surface area contributed by atoms with Crippen molar-refractivity contribution in [2.24, 2.45) is 0 Å². The summed E-state index contributed by atoms with van der Waals surface area (Å²) in [6.07, 6.45) is 7.17. The van der Waals surface area contributed by atoms with Crippen LogP contribution in [0.3, 0.4) is 0 Å². The molecule has 0 saturated heterocycles. The summed E-state index contributed by atoms with van der Waals surface area (Å²) in [5.41, 5.74) is 8.11. The molecule has 3 rings (SSSR count). The molecule has 0 aliphatic heterocycles. The molecule has 1 heteroatoms. The van der Waals surface area contributed by atoms with E-state index in [-0.39, 0.29) is 0 Å². The van der Waals surface area contributed by atoms with E-state index in [0.717, 1.165) is 6.42 Å². The lowest BCUT2D eigenvalue weighted by atomic mass is 9.81. The van der Waals surface area contributed by atoms with Crippen molar-refractivity contribution >= 4 is 5.57 Å². The van der Waals surface area contributed by atoms with Gasteiger partial charge in [-0.2, -0.15) is 0 Å². The topological polar surface area (TPSA) is 12.9 Å². The molecule has 1 aliphatic carbocycles. The van der Waals surface area contributed by atoms with Gasteiger partial charge in [0, 0.05) is 18.8 Å². The van der Waals surface area contributed by atoms with Gasteiger partial charge < -0.3 is 0 Å². The number of nitrogens with zero attached hydrogens (tertiary/aromatic N) is 1. The van der Waals surface area contributed by atoms with Crippen molar-refractivity contribution in [2.75, 3.05) is 0 Å². The quantitative estimate of drug-likeness (QED) is 0.563. The Labute approximate surface area is 102 Å². The minimum absolute atomic E-state index is 0.998. The maximum absolute atomic E-state index is 4.31. The summed E-state index contributed by atoms with van der Waals surface area (Å²) in [7, 11) is 0. The van der Waals surface area contributed by atoms with Gasteiger partial charge in [-0.3, -0.25) is 4.98 Å². The second kappa shape index (κ2) is 3.85. The molecule has 0 fully saturated rings. The SMILES string of the molecule is C/C=C1/c2ccccc2Cc2cncc(C)c21. The Kier molecular flexibility index (Phi) is 2.32. The molecule has 0 amide bonds. The Morgan fingerprint density at radius 1 is 1.12 bits per heavy atom. The first kappa shape index (κ1) is 10.3. The van der Waals surface area contributed by atoms with Crippen LogP contribution in [0.1, 0.15) is 34.7 Å². The van der Waals surface area contributed by atoms with Gasteiger partial charge in [0.2, 0.25) is 0 Å². The van der Waals surface area contributed by atoms with Crippen LogP contribution in [0.4, 0.5) is 0 Å². The van der Waals surface area contributed by atoms with E-state index in [4.69, 9.17) is 0 Å². The molecule has 17 heavy (non-hydrogen) atoms. The number of pyridine rings is 1. The van der Waals surface area contributed by atoms with Gasteiger partial charge in [0.1, 0.15) is 0 Å². The van der Waals surface area contributed by atoms with Crippen molar-refractivity contribution in [2.45, 2.75) is 20.3 Å². The van der Waals surface area contributed by atoms with E-state index in [9.17, 15) is 0 Å². The zero-order chi connectivity index (χ0) is 11.8. The van der Waals surface area contributed by atoms with E-state index in [1.807, 2.05) is 12.4 Å². The van der Waals surface area contributed by atoms with Crippen molar-refractivity contribution in [3.05, 3.63) is 70.6 Å². The molecular formula is C16H15N. The zero-order valence-electron chi connectivity index (χ0n) is 10.2. The summed E-state index contributed by atoms with van der Waals surface area (Å²) in [5, 5.41) is 0. The fraction of sp³-hybridized carbons (Fsp3) is 0.188. The average Bonchev–Trinajstić information content (AvgIpc) is 2.36. The highest BCUT2D eigenvalue weighted by Gasteiger charge is 2.20. The first-order chi connectivity index (χ1) is 8.31. The molecule has 0 spiro atoms. The Morgan fingerprint density at radius 3 is 2.76 bits per heavy atom. The largest absolute Gasteiger partial charge is 0.264 e. The third-order valence-corrected chi connectivity index (χ3v) is 3.46. The number of hydrogen-bond donors (Lipinski definition) is 0. The number of fused-ring (bicyclic) bond motifs is 2. The molecule has 1 aromatic heterocycles. The predicted molar refractivity (Wildman–Crippen MR) is 71.0 cm³/mol. The molecule has 0 unspecified atom stereocenters. The van der Waals surface area contributed by atoms with E-state index >= 15 is 0 Å². The fourth-order valence-corrected chi connectivity index (χ4v) is 2.72. The monoisotopic (exact) mass is 221 g/mol. The summed E-state index contributed by atoms with van der Waals surface area (Å²) in [5.74, 6) is 0. The second-order valence-electron chi connectivity index (χ2n) is 4.53. The third-order valence-electron chi connectivity index (χ3n) is 3.46.